The van der Waals surface area contributed by atoms with E-state index in [1.807, 2.05) is 6.92 Å². The highest BCUT2D eigenvalue weighted by Gasteiger charge is 2.41. The molecule has 0 unspecified atom stereocenters. The van der Waals surface area contributed by atoms with Gasteiger partial charge in [0.25, 0.3) is 0 Å². The third kappa shape index (κ3) is 5.89. The van der Waals surface area contributed by atoms with Gasteiger partial charge in [0.2, 0.25) is 0 Å². The minimum Gasteiger partial charge on any atom is -0.382 e. The van der Waals surface area contributed by atoms with E-state index in [2.05, 4.69) is 15.3 Å². The summed E-state index contributed by atoms with van der Waals surface area (Å²) in [7, 11) is 0. The van der Waals surface area contributed by atoms with Crippen molar-refractivity contribution in [2.75, 3.05) is 12.3 Å². The van der Waals surface area contributed by atoms with Crippen molar-refractivity contribution in [2.45, 2.75) is 70.9 Å². The van der Waals surface area contributed by atoms with Crippen molar-refractivity contribution in [1.29, 1.82) is 0 Å². The first kappa shape index (κ1) is 28.2. The molecule has 1 aliphatic carbocycles. The second-order valence-corrected chi connectivity index (χ2v) is 10.5. The topological polar surface area (TPSA) is 68.8 Å². The number of anilines is 1. The van der Waals surface area contributed by atoms with E-state index in [1.54, 1.807) is 24.3 Å². The van der Waals surface area contributed by atoms with Crippen LogP contribution in [0.3, 0.4) is 0 Å². The van der Waals surface area contributed by atoms with Crippen molar-refractivity contribution >= 4 is 27.8 Å². The average Bonchev–Trinajstić information content (AvgIpc) is 3.64. The SMILES string of the molecule is CCCCc1nc2c(N)nc3ccccc3c2n1Cc1c(C(F)(F)F)cc(CNCCC2CC2)cc1C(F)(F)F. The number of nitrogens with one attached hydrogen (secondary N) is 1. The number of nitrogens with zero attached hydrogens (tertiary/aromatic N) is 3. The van der Waals surface area contributed by atoms with E-state index in [4.69, 9.17) is 5.73 Å². The molecule has 5 nitrogen and oxygen atoms in total. The fourth-order valence-corrected chi connectivity index (χ4v) is 5.21. The zero-order valence-electron chi connectivity index (χ0n) is 22.1. The summed E-state index contributed by atoms with van der Waals surface area (Å²) in [5.41, 5.74) is 3.81. The summed E-state index contributed by atoms with van der Waals surface area (Å²) in [4.78, 5) is 8.93. The molecule has 0 bridgehead atoms. The molecule has 1 aliphatic rings. The molecule has 5 rings (SSSR count). The van der Waals surface area contributed by atoms with Crippen LogP contribution in [0.4, 0.5) is 32.2 Å². The van der Waals surface area contributed by atoms with Crippen LogP contribution in [0.5, 0.6) is 0 Å². The predicted octanol–water partition coefficient (Wildman–Crippen LogP) is 7.48. The summed E-state index contributed by atoms with van der Waals surface area (Å²) in [6.07, 6.45) is -5.12. The number of benzene rings is 2. The molecule has 214 valence electrons. The van der Waals surface area contributed by atoms with Crippen LogP contribution in [0.2, 0.25) is 0 Å². The first-order valence-electron chi connectivity index (χ1n) is 13.5. The van der Waals surface area contributed by atoms with E-state index >= 15 is 0 Å². The number of nitrogens with two attached hydrogens (primary N) is 1. The molecule has 0 saturated heterocycles. The number of halogens is 6. The number of fused-ring (bicyclic) bond motifs is 3. The molecule has 3 N–H and O–H groups in total. The zero-order chi connectivity index (χ0) is 28.7. The van der Waals surface area contributed by atoms with E-state index in [-0.39, 0.29) is 23.4 Å². The normalized spacial score (nSPS) is 14.5. The quantitative estimate of drug-likeness (QED) is 0.155. The molecule has 0 atom stereocenters. The van der Waals surface area contributed by atoms with Gasteiger partial charge in [-0.15, -0.1) is 0 Å². The van der Waals surface area contributed by atoms with Crippen molar-refractivity contribution in [3.8, 4) is 0 Å². The van der Waals surface area contributed by atoms with Gasteiger partial charge in [0.1, 0.15) is 11.3 Å². The van der Waals surface area contributed by atoms with Crippen LogP contribution in [0.25, 0.3) is 21.9 Å². The number of aryl methyl sites for hydroxylation is 1. The number of imidazole rings is 1. The maximum atomic E-state index is 14.4. The molecule has 0 amide bonds. The predicted molar refractivity (Wildman–Crippen MR) is 143 cm³/mol. The molecule has 2 aromatic heterocycles. The third-order valence-corrected chi connectivity index (χ3v) is 7.44. The molecular formula is C29H31F6N5. The van der Waals surface area contributed by atoms with Gasteiger partial charge in [-0.3, -0.25) is 0 Å². The molecule has 0 radical (unpaired) electrons. The molecule has 2 aromatic carbocycles. The Morgan fingerprint density at radius 1 is 1.00 bits per heavy atom. The van der Waals surface area contributed by atoms with Gasteiger partial charge in [0.15, 0.2) is 5.82 Å². The van der Waals surface area contributed by atoms with E-state index in [0.29, 0.717) is 47.5 Å². The Hall–Kier alpha value is -3.34. The lowest BCUT2D eigenvalue weighted by Crippen LogP contribution is -2.22. The van der Waals surface area contributed by atoms with Gasteiger partial charge in [0, 0.05) is 18.4 Å². The summed E-state index contributed by atoms with van der Waals surface area (Å²) in [5.74, 6) is 1.04. The van der Waals surface area contributed by atoms with Gasteiger partial charge >= 0.3 is 12.4 Å². The number of hydrogen-bond acceptors (Lipinski definition) is 4. The number of rotatable bonds is 10. The van der Waals surface area contributed by atoms with Gasteiger partial charge in [0.05, 0.1) is 28.7 Å². The monoisotopic (exact) mass is 563 g/mol. The second-order valence-electron chi connectivity index (χ2n) is 10.5. The Morgan fingerprint density at radius 3 is 2.30 bits per heavy atom. The molecule has 11 heteroatoms. The van der Waals surface area contributed by atoms with Crippen LogP contribution < -0.4 is 11.1 Å². The number of pyridine rings is 1. The molecule has 0 spiro atoms. The van der Waals surface area contributed by atoms with Crippen LogP contribution in [0.1, 0.15) is 67.1 Å². The third-order valence-electron chi connectivity index (χ3n) is 7.44. The minimum atomic E-state index is -5.00. The van der Waals surface area contributed by atoms with E-state index in [9.17, 15) is 26.3 Å². The maximum absolute atomic E-state index is 14.4. The Morgan fingerprint density at radius 2 is 1.68 bits per heavy atom. The van der Waals surface area contributed by atoms with Crippen LogP contribution >= 0.6 is 0 Å². The average molecular weight is 564 g/mol. The van der Waals surface area contributed by atoms with Gasteiger partial charge in [-0.05, 0) is 54.6 Å². The molecule has 0 aliphatic heterocycles. The highest BCUT2D eigenvalue weighted by Crippen LogP contribution is 2.42. The Balaban J connectivity index is 1.67. The number of hydrogen-bond donors (Lipinski definition) is 2. The lowest BCUT2D eigenvalue weighted by molar-refractivity contribution is -0.144. The molecule has 1 saturated carbocycles. The molecule has 1 fully saturated rings. The number of nitrogen functional groups attached to an aromatic ring is 1. The van der Waals surface area contributed by atoms with Gasteiger partial charge in [-0.2, -0.15) is 26.3 Å². The van der Waals surface area contributed by atoms with Crippen LogP contribution in [-0.4, -0.2) is 21.1 Å². The van der Waals surface area contributed by atoms with Crippen molar-refractivity contribution in [3.05, 3.63) is 64.5 Å². The van der Waals surface area contributed by atoms with Gasteiger partial charge in [-0.1, -0.05) is 44.4 Å². The summed E-state index contributed by atoms with van der Waals surface area (Å²) < 4.78 is 88.0. The number of aromatic nitrogens is 3. The Bertz CT molecular complexity index is 1480. The summed E-state index contributed by atoms with van der Waals surface area (Å²) >= 11 is 0. The summed E-state index contributed by atoms with van der Waals surface area (Å²) in [6, 6.07) is 8.57. The lowest BCUT2D eigenvalue weighted by atomic mass is 9.95. The lowest BCUT2D eigenvalue weighted by Gasteiger charge is -2.22. The first-order chi connectivity index (χ1) is 19.0. The van der Waals surface area contributed by atoms with Crippen LogP contribution in [0, 0.1) is 5.92 Å². The fraction of sp³-hybridized carbons (Fsp3) is 0.448. The number of alkyl halides is 6. The molecule has 40 heavy (non-hydrogen) atoms. The summed E-state index contributed by atoms with van der Waals surface area (Å²) in [5, 5.41) is 3.56. The summed E-state index contributed by atoms with van der Waals surface area (Å²) in [6.45, 7) is 1.74. The fourth-order valence-electron chi connectivity index (χ4n) is 5.21. The highest BCUT2D eigenvalue weighted by molar-refractivity contribution is 6.06. The van der Waals surface area contributed by atoms with Gasteiger partial charge in [-0.25, -0.2) is 9.97 Å². The maximum Gasteiger partial charge on any atom is 0.416 e. The van der Waals surface area contributed by atoms with Crippen molar-refractivity contribution in [2.24, 2.45) is 5.92 Å². The molecule has 4 aromatic rings. The Kier molecular flexibility index (Phi) is 7.69. The van der Waals surface area contributed by atoms with E-state index in [0.717, 1.165) is 37.8 Å². The number of unbranched alkanes of at least 4 members (excludes halogenated alkanes) is 1. The van der Waals surface area contributed by atoms with Crippen molar-refractivity contribution in [3.63, 3.8) is 0 Å². The first-order valence-corrected chi connectivity index (χ1v) is 13.5. The van der Waals surface area contributed by atoms with E-state index in [1.165, 1.54) is 4.57 Å². The Labute approximate surface area is 227 Å². The number of para-hydroxylation sites is 1. The minimum absolute atomic E-state index is 0.0558. The van der Waals surface area contributed by atoms with Crippen molar-refractivity contribution < 1.29 is 26.3 Å². The zero-order valence-corrected chi connectivity index (χ0v) is 22.1. The largest absolute Gasteiger partial charge is 0.416 e. The second kappa shape index (κ2) is 10.9. The highest BCUT2D eigenvalue weighted by atomic mass is 19.4. The van der Waals surface area contributed by atoms with E-state index < -0.39 is 35.6 Å². The smallest absolute Gasteiger partial charge is 0.382 e. The van der Waals surface area contributed by atoms with Crippen LogP contribution in [-0.2, 0) is 31.9 Å². The van der Waals surface area contributed by atoms with Crippen molar-refractivity contribution in [1.82, 2.24) is 19.9 Å². The molecular weight excluding hydrogens is 532 g/mol. The standard InChI is InChI=1S/C29H31F6N5/c1-2-3-8-24-39-25-26(19-6-4-5-7-23(19)38-27(25)36)40(24)16-20-21(28(30,31)32)13-18(14-22(20)29(33,34)35)15-37-12-11-17-9-10-17/h4-7,13-14,17,37H,2-3,8-12,15-16H2,1H3,(H2,36,38). The van der Waals surface area contributed by atoms with Crippen LogP contribution in [0.15, 0.2) is 36.4 Å². The van der Waals surface area contributed by atoms with Gasteiger partial charge < -0.3 is 15.6 Å². The molecule has 2 heterocycles.